The SMILES string of the molecule is O=C(CC1CCC(=O)N1)Nc1ccc2c(=O)[nH]ccc2c1. The Hall–Kier alpha value is -2.63. The van der Waals surface area contributed by atoms with Crippen LogP contribution < -0.4 is 16.2 Å². The summed E-state index contributed by atoms with van der Waals surface area (Å²) in [7, 11) is 0. The zero-order chi connectivity index (χ0) is 14.8. The zero-order valence-corrected chi connectivity index (χ0v) is 11.3. The number of fused-ring (bicyclic) bond motifs is 1. The van der Waals surface area contributed by atoms with Crippen LogP contribution in [0.5, 0.6) is 0 Å². The van der Waals surface area contributed by atoms with Crippen molar-refractivity contribution in [2.45, 2.75) is 25.3 Å². The first-order valence-corrected chi connectivity index (χ1v) is 6.82. The van der Waals surface area contributed by atoms with Gasteiger partial charge in [-0.2, -0.15) is 0 Å². The van der Waals surface area contributed by atoms with Gasteiger partial charge in [-0.05, 0) is 36.1 Å². The summed E-state index contributed by atoms with van der Waals surface area (Å²) in [5.74, 6) is -0.149. The van der Waals surface area contributed by atoms with Crippen molar-refractivity contribution in [3.8, 4) is 0 Å². The summed E-state index contributed by atoms with van der Waals surface area (Å²) in [5.41, 5.74) is 0.487. The Kier molecular flexibility index (Phi) is 3.43. The molecular weight excluding hydrogens is 270 g/mol. The molecule has 1 aromatic heterocycles. The molecule has 0 aliphatic carbocycles. The van der Waals surface area contributed by atoms with E-state index in [9.17, 15) is 14.4 Å². The van der Waals surface area contributed by atoms with Crippen molar-refractivity contribution in [1.82, 2.24) is 10.3 Å². The summed E-state index contributed by atoms with van der Waals surface area (Å²) in [6, 6.07) is 6.84. The van der Waals surface area contributed by atoms with Crippen LogP contribution in [0.3, 0.4) is 0 Å². The molecule has 108 valence electrons. The number of anilines is 1. The van der Waals surface area contributed by atoms with Crippen LogP contribution in [0.1, 0.15) is 19.3 Å². The van der Waals surface area contributed by atoms with Crippen LogP contribution >= 0.6 is 0 Å². The molecule has 3 rings (SSSR count). The van der Waals surface area contributed by atoms with E-state index in [1.807, 2.05) is 0 Å². The van der Waals surface area contributed by atoms with Gasteiger partial charge in [0.1, 0.15) is 0 Å². The molecule has 2 aromatic rings. The summed E-state index contributed by atoms with van der Waals surface area (Å²) >= 11 is 0. The van der Waals surface area contributed by atoms with E-state index in [0.717, 1.165) is 5.39 Å². The van der Waals surface area contributed by atoms with Crippen molar-refractivity contribution < 1.29 is 9.59 Å². The fraction of sp³-hybridized carbons (Fsp3) is 0.267. The zero-order valence-electron chi connectivity index (χ0n) is 11.3. The molecule has 1 aromatic carbocycles. The Bertz CT molecular complexity index is 766. The highest BCUT2D eigenvalue weighted by molar-refractivity contribution is 5.94. The lowest BCUT2D eigenvalue weighted by Gasteiger charge is -2.10. The number of H-pyrrole nitrogens is 1. The molecule has 1 fully saturated rings. The number of nitrogens with one attached hydrogen (secondary N) is 3. The molecule has 2 heterocycles. The number of benzene rings is 1. The lowest BCUT2D eigenvalue weighted by Crippen LogP contribution is -2.29. The highest BCUT2D eigenvalue weighted by Crippen LogP contribution is 2.17. The monoisotopic (exact) mass is 285 g/mol. The number of hydrogen-bond acceptors (Lipinski definition) is 3. The van der Waals surface area contributed by atoms with Gasteiger partial charge in [-0.1, -0.05) is 0 Å². The Morgan fingerprint density at radius 3 is 2.90 bits per heavy atom. The van der Waals surface area contributed by atoms with Crippen LogP contribution in [0.2, 0.25) is 0 Å². The third-order valence-corrected chi connectivity index (χ3v) is 3.57. The summed E-state index contributed by atoms with van der Waals surface area (Å²) < 4.78 is 0. The number of aromatic nitrogens is 1. The van der Waals surface area contributed by atoms with Crippen LogP contribution in [0.25, 0.3) is 10.8 Å². The molecule has 3 N–H and O–H groups in total. The molecule has 21 heavy (non-hydrogen) atoms. The number of aromatic amines is 1. The summed E-state index contributed by atoms with van der Waals surface area (Å²) in [6.07, 6.45) is 3.01. The fourth-order valence-electron chi connectivity index (χ4n) is 2.54. The second kappa shape index (κ2) is 5.40. The summed E-state index contributed by atoms with van der Waals surface area (Å²) in [4.78, 5) is 37.2. The predicted octanol–water partition coefficient (Wildman–Crippen LogP) is 1.14. The summed E-state index contributed by atoms with van der Waals surface area (Å²) in [5, 5.41) is 6.91. The van der Waals surface area contributed by atoms with E-state index in [1.54, 1.807) is 30.5 Å². The minimum absolute atomic E-state index is 0.00210. The maximum atomic E-state index is 11.9. The van der Waals surface area contributed by atoms with Crippen molar-refractivity contribution >= 4 is 28.3 Å². The molecular formula is C15H15N3O3. The van der Waals surface area contributed by atoms with E-state index in [2.05, 4.69) is 15.6 Å². The van der Waals surface area contributed by atoms with Gasteiger partial charge in [0.15, 0.2) is 0 Å². The summed E-state index contributed by atoms with van der Waals surface area (Å²) in [6.45, 7) is 0. The highest BCUT2D eigenvalue weighted by atomic mass is 16.2. The van der Waals surface area contributed by atoms with Crippen molar-refractivity contribution in [2.75, 3.05) is 5.32 Å². The average molecular weight is 285 g/mol. The van der Waals surface area contributed by atoms with E-state index in [4.69, 9.17) is 0 Å². The minimum Gasteiger partial charge on any atom is -0.353 e. The lowest BCUT2D eigenvalue weighted by molar-refractivity contribution is -0.119. The molecule has 2 amide bonds. The number of carbonyl (C=O) groups excluding carboxylic acids is 2. The Morgan fingerprint density at radius 1 is 1.29 bits per heavy atom. The maximum Gasteiger partial charge on any atom is 0.255 e. The standard InChI is InChI=1S/C15H15N3O3/c19-13-4-2-11(17-13)8-14(20)18-10-1-3-12-9(7-10)5-6-16-15(12)21/h1,3,5-7,11H,2,4,8H2,(H,16,21)(H,17,19)(H,18,20). The van der Waals surface area contributed by atoms with Crippen LogP contribution in [-0.2, 0) is 9.59 Å². The van der Waals surface area contributed by atoms with Crippen LogP contribution in [-0.4, -0.2) is 22.8 Å². The largest absolute Gasteiger partial charge is 0.353 e. The topological polar surface area (TPSA) is 91.1 Å². The van der Waals surface area contributed by atoms with E-state index >= 15 is 0 Å². The molecule has 1 unspecified atom stereocenters. The quantitative estimate of drug-likeness (QED) is 0.789. The van der Waals surface area contributed by atoms with Gasteiger partial charge >= 0.3 is 0 Å². The second-order valence-corrected chi connectivity index (χ2v) is 5.16. The molecule has 0 spiro atoms. The number of carbonyl (C=O) groups is 2. The molecule has 1 aliphatic heterocycles. The van der Waals surface area contributed by atoms with Crippen molar-refractivity contribution in [1.29, 1.82) is 0 Å². The van der Waals surface area contributed by atoms with Gasteiger partial charge in [0, 0.05) is 36.2 Å². The van der Waals surface area contributed by atoms with E-state index in [-0.39, 0.29) is 29.8 Å². The number of hydrogen-bond donors (Lipinski definition) is 3. The molecule has 6 heteroatoms. The van der Waals surface area contributed by atoms with Crippen LogP contribution in [0, 0.1) is 0 Å². The van der Waals surface area contributed by atoms with Crippen molar-refractivity contribution in [3.63, 3.8) is 0 Å². The highest BCUT2D eigenvalue weighted by Gasteiger charge is 2.23. The first-order chi connectivity index (χ1) is 10.1. The van der Waals surface area contributed by atoms with Gasteiger partial charge in [0.05, 0.1) is 0 Å². The average Bonchev–Trinajstić information content (AvgIpc) is 2.84. The number of pyridine rings is 1. The molecule has 6 nitrogen and oxygen atoms in total. The first-order valence-electron chi connectivity index (χ1n) is 6.82. The Morgan fingerprint density at radius 2 is 2.14 bits per heavy atom. The first kappa shape index (κ1) is 13.4. The number of rotatable bonds is 3. The fourth-order valence-corrected chi connectivity index (χ4v) is 2.54. The van der Waals surface area contributed by atoms with Gasteiger partial charge in [-0.3, -0.25) is 14.4 Å². The molecule has 0 bridgehead atoms. The van der Waals surface area contributed by atoms with Gasteiger partial charge < -0.3 is 15.6 Å². The third-order valence-electron chi connectivity index (χ3n) is 3.57. The van der Waals surface area contributed by atoms with Crippen LogP contribution in [0.15, 0.2) is 35.3 Å². The van der Waals surface area contributed by atoms with Crippen LogP contribution in [0.4, 0.5) is 5.69 Å². The normalized spacial score (nSPS) is 17.7. The van der Waals surface area contributed by atoms with E-state index in [0.29, 0.717) is 23.9 Å². The van der Waals surface area contributed by atoms with Gasteiger partial charge in [0.2, 0.25) is 11.8 Å². The van der Waals surface area contributed by atoms with E-state index in [1.165, 1.54) is 0 Å². The number of amides is 2. The van der Waals surface area contributed by atoms with Crippen molar-refractivity contribution in [3.05, 3.63) is 40.8 Å². The van der Waals surface area contributed by atoms with E-state index < -0.39 is 0 Å². The molecule has 1 atom stereocenters. The predicted molar refractivity (Wildman–Crippen MR) is 79.0 cm³/mol. The lowest BCUT2D eigenvalue weighted by atomic mass is 10.1. The minimum atomic E-state index is -0.154. The Balaban J connectivity index is 1.71. The second-order valence-electron chi connectivity index (χ2n) is 5.16. The van der Waals surface area contributed by atoms with Gasteiger partial charge in [0.25, 0.3) is 5.56 Å². The smallest absolute Gasteiger partial charge is 0.255 e. The molecule has 1 saturated heterocycles. The van der Waals surface area contributed by atoms with Gasteiger partial charge in [-0.15, -0.1) is 0 Å². The Labute approximate surface area is 120 Å². The van der Waals surface area contributed by atoms with Gasteiger partial charge in [-0.25, -0.2) is 0 Å². The molecule has 0 saturated carbocycles. The molecule has 0 radical (unpaired) electrons. The third kappa shape index (κ3) is 2.94. The van der Waals surface area contributed by atoms with Crippen molar-refractivity contribution in [2.24, 2.45) is 0 Å². The molecule has 1 aliphatic rings. The maximum absolute atomic E-state index is 11.9.